The van der Waals surface area contributed by atoms with E-state index in [9.17, 15) is 5.11 Å². The predicted molar refractivity (Wildman–Crippen MR) is 56.0 cm³/mol. The van der Waals surface area contributed by atoms with Crippen LogP contribution in [0.25, 0.3) is 10.9 Å². The molecule has 0 amide bonds. The van der Waals surface area contributed by atoms with Crippen LogP contribution in [-0.4, -0.2) is 15.3 Å². The largest absolute Gasteiger partial charge is 0.384 e. The van der Waals surface area contributed by atoms with Gasteiger partial charge in [0.05, 0.1) is 11.2 Å². The maximum atomic E-state index is 10.1. The Morgan fingerprint density at radius 2 is 2.14 bits per heavy atom. The standard InChI is InChI=1S/C11H14N2O/c1-3-11(2,14)10-8-6-4-5-7-9(8)12-13-10/h4-7,14H,3H2,1-2H3,(H,12,13). The Morgan fingerprint density at radius 3 is 2.86 bits per heavy atom. The van der Waals surface area contributed by atoms with Gasteiger partial charge >= 0.3 is 0 Å². The molecule has 2 aromatic rings. The van der Waals surface area contributed by atoms with Gasteiger partial charge in [-0.3, -0.25) is 5.10 Å². The van der Waals surface area contributed by atoms with Crippen molar-refractivity contribution in [3.05, 3.63) is 30.0 Å². The molecular formula is C11H14N2O. The van der Waals surface area contributed by atoms with Crippen LogP contribution in [0, 0.1) is 0 Å². The third-order valence-corrected chi connectivity index (χ3v) is 2.69. The molecular weight excluding hydrogens is 176 g/mol. The summed E-state index contributed by atoms with van der Waals surface area (Å²) in [5.74, 6) is 0. The van der Waals surface area contributed by atoms with Gasteiger partial charge in [-0.05, 0) is 19.4 Å². The number of H-pyrrole nitrogens is 1. The van der Waals surface area contributed by atoms with E-state index in [-0.39, 0.29) is 0 Å². The molecule has 1 unspecified atom stereocenters. The highest BCUT2D eigenvalue weighted by molar-refractivity contribution is 5.81. The Kier molecular flexibility index (Phi) is 2.04. The zero-order chi connectivity index (χ0) is 10.2. The van der Waals surface area contributed by atoms with Gasteiger partial charge < -0.3 is 5.11 Å². The fourth-order valence-electron chi connectivity index (χ4n) is 1.55. The molecule has 74 valence electrons. The van der Waals surface area contributed by atoms with Crippen molar-refractivity contribution in [2.45, 2.75) is 25.9 Å². The lowest BCUT2D eigenvalue weighted by atomic mass is 9.96. The Morgan fingerprint density at radius 1 is 1.43 bits per heavy atom. The van der Waals surface area contributed by atoms with Crippen molar-refractivity contribution >= 4 is 10.9 Å². The first-order valence-corrected chi connectivity index (χ1v) is 4.81. The average Bonchev–Trinajstić information content (AvgIpc) is 2.61. The smallest absolute Gasteiger partial charge is 0.103 e. The normalized spacial score (nSPS) is 15.6. The van der Waals surface area contributed by atoms with E-state index in [2.05, 4.69) is 10.2 Å². The van der Waals surface area contributed by atoms with Crippen LogP contribution in [0.1, 0.15) is 26.0 Å². The third-order valence-electron chi connectivity index (χ3n) is 2.69. The molecule has 0 aliphatic carbocycles. The van der Waals surface area contributed by atoms with Crippen LogP contribution in [0.2, 0.25) is 0 Å². The minimum absolute atomic E-state index is 0.666. The lowest BCUT2D eigenvalue weighted by molar-refractivity contribution is 0.0499. The van der Waals surface area contributed by atoms with E-state index in [0.29, 0.717) is 6.42 Å². The molecule has 2 N–H and O–H groups in total. The Bertz CT molecular complexity index is 445. The molecule has 1 heterocycles. The van der Waals surface area contributed by atoms with Crippen molar-refractivity contribution in [1.29, 1.82) is 0 Å². The molecule has 2 rings (SSSR count). The summed E-state index contributed by atoms with van der Waals surface area (Å²) in [5, 5.41) is 18.2. The number of nitrogens with one attached hydrogen (secondary N) is 1. The van der Waals surface area contributed by atoms with Crippen LogP contribution in [0.3, 0.4) is 0 Å². The molecule has 1 aromatic carbocycles. The van der Waals surface area contributed by atoms with Gasteiger partial charge in [0.2, 0.25) is 0 Å². The van der Waals surface area contributed by atoms with Gasteiger partial charge in [0, 0.05) is 5.39 Å². The molecule has 0 aliphatic heterocycles. The summed E-state index contributed by atoms with van der Waals surface area (Å²) in [6.45, 7) is 3.75. The number of hydrogen-bond donors (Lipinski definition) is 2. The van der Waals surface area contributed by atoms with Crippen molar-refractivity contribution < 1.29 is 5.11 Å². The Balaban J connectivity index is 2.64. The quantitative estimate of drug-likeness (QED) is 0.762. The number of fused-ring (bicyclic) bond motifs is 1. The van der Waals surface area contributed by atoms with Crippen LogP contribution < -0.4 is 0 Å². The number of aliphatic hydroxyl groups is 1. The highest BCUT2D eigenvalue weighted by Gasteiger charge is 2.24. The van der Waals surface area contributed by atoms with Gasteiger partial charge in [0.1, 0.15) is 5.60 Å². The number of hydrogen-bond acceptors (Lipinski definition) is 2. The van der Waals surface area contributed by atoms with Crippen molar-refractivity contribution in [2.75, 3.05) is 0 Å². The summed E-state index contributed by atoms with van der Waals surface area (Å²) in [6.07, 6.45) is 0.666. The second kappa shape index (κ2) is 3.10. The van der Waals surface area contributed by atoms with E-state index in [4.69, 9.17) is 0 Å². The van der Waals surface area contributed by atoms with Crippen LogP contribution in [0.15, 0.2) is 24.3 Å². The average molecular weight is 190 g/mol. The van der Waals surface area contributed by atoms with E-state index >= 15 is 0 Å². The number of aromatic amines is 1. The van der Waals surface area contributed by atoms with Crippen LogP contribution in [0.4, 0.5) is 0 Å². The summed E-state index contributed by atoms with van der Waals surface area (Å²) in [5.41, 5.74) is 0.877. The predicted octanol–water partition coefficient (Wildman–Crippen LogP) is 2.18. The monoisotopic (exact) mass is 190 g/mol. The fraction of sp³-hybridized carbons (Fsp3) is 0.364. The van der Waals surface area contributed by atoms with Crippen molar-refractivity contribution in [3.8, 4) is 0 Å². The summed E-state index contributed by atoms with van der Waals surface area (Å²) in [6, 6.07) is 7.79. The minimum Gasteiger partial charge on any atom is -0.384 e. The zero-order valence-electron chi connectivity index (χ0n) is 8.41. The molecule has 0 spiro atoms. The Labute approximate surface area is 82.8 Å². The number of benzene rings is 1. The molecule has 0 saturated heterocycles. The lowest BCUT2D eigenvalue weighted by Crippen LogP contribution is -2.20. The molecule has 1 atom stereocenters. The van der Waals surface area contributed by atoms with Gasteiger partial charge in [0.25, 0.3) is 0 Å². The van der Waals surface area contributed by atoms with E-state index in [1.165, 1.54) is 0 Å². The second-order valence-electron chi connectivity index (χ2n) is 3.74. The minimum atomic E-state index is -0.823. The highest BCUT2D eigenvalue weighted by atomic mass is 16.3. The Hall–Kier alpha value is -1.35. The first-order valence-electron chi connectivity index (χ1n) is 4.81. The molecule has 0 saturated carbocycles. The highest BCUT2D eigenvalue weighted by Crippen LogP contribution is 2.28. The maximum Gasteiger partial charge on any atom is 0.103 e. The van der Waals surface area contributed by atoms with Gasteiger partial charge in [-0.2, -0.15) is 5.10 Å². The SMILES string of the molecule is CCC(C)(O)c1[nH]nc2ccccc12. The van der Waals surface area contributed by atoms with E-state index in [0.717, 1.165) is 16.6 Å². The number of rotatable bonds is 2. The molecule has 0 aliphatic rings. The van der Waals surface area contributed by atoms with Crippen molar-refractivity contribution in [1.82, 2.24) is 10.2 Å². The van der Waals surface area contributed by atoms with Crippen LogP contribution in [-0.2, 0) is 5.60 Å². The molecule has 3 heteroatoms. The maximum absolute atomic E-state index is 10.1. The first-order chi connectivity index (χ1) is 6.65. The molecule has 0 bridgehead atoms. The summed E-state index contributed by atoms with van der Waals surface area (Å²) in [4.78, 5) is 0. The number of aromatic nitrogens is 2. The van der Waals surface area contributed by atoms with Gasteiger partial charge in [-0.25, -0.2) is 0 Å². The van der Waals surface area contributed by atoms with E-state index < -0.39 is 5.60 Å². The number of nitrogens with zero attached hydrogens (tertiary/aromatic N) is 1. The lowest BCUT2D eigenvalue weighted by Gasteiger charge is -2.19. The first kappa shape index (κ1) is 9.21. The summed E-state index contributed by atoms with van der Waals surface area (Å²) < 4.78 is 0. The van der Waals surface area contributed by atoms with Gasteiger partial charge in [0.15, 0.2) is 0 Å². The molecule has 0 radical (unpaired) electrons. The third kappa shape index (κ3) is 1.30. The van der Waals surface area contributed by atoms with Crippen LogP contribution in [0.5, 0.6) is 0 Å². The second-order valence-corrected chi connectivity index (χ2v) is 3.74. The van der Waals surface area contributed by atoms with Gasteiger partial charge in [-0.1, -0.05) is 25.1 Å². The topological polar surface area (TPSA) is 48.9 Å². The molecule has 14 heavy (non-hydrogen) atoms. The van der Waals surface area contributed by atoms with E-state index in [1.54, 1.807) is 6.92 Å². The summed E-state index contributed by atoms with van der Waals surface area (Å²) in [7, 11) is 0. The fourth-order valence-corrected chi connectivity index (χ4v) is 1.55. The zero-order valence-corrected chi connectivity index (χ0v) is 8.41. The van der Waals surface area contributed by atoms with E-state index in [1.807, 2.05) is 31.2 Å². The number of para-hydroxylation sites is 1. The molecule has 3 nitrogen and oxygen atoms in total. The molecule has 1 aromatic heterocycles. The summed E-state index contributed by atoms with van der Waals surface area (Å²) >= 11 is 0. The van der Waals surface area contributed by atoms with Crippen molar-refractivity contribution in [3.63, 3.8) is 0 Å². The molecule has 0 fully saturated rings. The van der Waals surface area contributed by atoms with Crippen LogP contribution >= 0.6 is 0 Å². The van der Waals surface area contributed by atoms with Gasteiger partial charge in [-0.15, -0.1) is 0 Å². The van der Waals surface area contributed by atoms with Crippen molar-refractivity contribution in [2.24, 2.45) is 0 Å².